The van der Waals surface area contributed by atoms with Gasteiger partial charge in [0.2, 0.25) is 0 Å². The van der Waals surface area contributed by atoms with Crippen molar-refractivity contribution in [3.8, 4) is 0 Å². The maximum absolute atomic E-state index is 12.5. The van der Waals surface area contributed by atoms with E-state index < -0.39 is 35.7 Å². The van der Waals surface area contributed by atoms with Gasteiger partial charge in [-0.05, 0) is 39.2 Å². The van der Waals surface area contributed by atoms with E-state index in [1.165, 1.54) is 18.2 Å². The van der Waals surface area contributed by atoms with Crippen LogP contribution in [0.3, 0.4) is 0 Å². The number of nitrogens with one attached hydrogen (secondary N) is 1. The number of non-ortho nitro benzene ring substituents is 1. The van der Waals surface area contributed by atoms with E-state index in [2.05, 4.69) is 5.32 Å². The number of carbonyl (C=O) groups is 2. The Balaban J connectivity index is 2.05. The van der Waals surface area contributed by atoms with Gasteiger partial charge in [0.05, 0.1) is 29.5 Å². The van der Waals surface area contributed by atoms with Crippen LogP contribution >= 0.6 is 0 Å². The van der Waals surface area contributed by atoms with Crippen molar-refractivity contribution in [3.05, 3.63) is 62.9 Å². The molecular formula is C26H33F3N2O8. The number of nitrogens with zero attached hydrogens (tertiary/aromatic N) is 1. The first-order chi connectivity index (χ1) is 18.4. The summed E-state index contributed by atoms with van der Waals surface area (Å²) in [5.41, 5.74) is 0.929. The molecule has 2 rings (SSSR count). The zero-order valence-electron chi connectivity index (χ0n) is 22.1. The Bertz CT molecular complexity index is 1090. The lowest BCUT2D eigenvalue weighted by atomic mass is 9.90. The minimum Gasteiger partial charge on any atom is -0.434 e. The number of hydrogen-bond acceptors (Lipinski definition) is 9. The zero-order chi connectivity index (χ0) is 29.0. The van der Waals surface area contributed by atoms with Crippen LogP contribution in [0.4, 0.5) is 28.4 Å². The second kappa shape index (κ2) is 15.0. The fourth-order valence-corrected chi connectivity index (χ4v) is 3.99. The van der Waals surface area contributed by atoms with Crippen LogP contribution in [-0.2, 0) is 18.9 Å². The molecule has 39 heavy (non-hydrogen) atoms. The number of hydrogen-bond donors (Lipinski definition) is 1. The highest BCUT2D eigenvalue weighted by molar-refractivity contribution is 5.65. The summed E-state index contributed by atoms with van der Waals surface area (Å²) in [5.74, 6) is -0.942. The summed E-state index contributed by atoms with van der Waals surface area (Å²) in [5, 5.41) is 14.3. The van der Waals surface area contributed by atoms with Gasteiger partial charge >= 0.3 is 18.5 Å². The van der Waals surface area contributed by atoms with E-state index in [4.69, 9.17) is 18.9 Å². The van der Waals surface area contributed by atoms with Crippen LogP contribution < -0.4 is 5.32 Å². The molecule has 1 N–H and O–H groups in total. The molecule has 1 atom stereocenters. The Morgan fingerprint density at radius 1 is 0.949 bits per heavy atom. The highest BCUT2D eigenvalue weighted by Crippen LogP contribution is 2.40. The van der Waals surface area contributed by atoms with Crippen molar-refractivity contribution in [2.24, 2.45) is 0 Å². The fraction of sp³-hybridized carbons (Fsp3) is 0.538. The first-order valence-electron chi connectivity index (χ1n) is 12.6. The molecule has 1 aliphatic rings. The van der Waals surface area contributed by atoms with Crippen molar-refractivity contribution >= 4 is 18.0 Å². The second-order valence-electron chi connectivity index (χ2n) is 8.86. The molecule has 0 saturated carbocycles. The summed E-state index contributed by atoms with van der Waals surface area (Å²) < 4.78 is 57.5. The van der Waals surface area contributed by atoms with E-state index in [-0.39, 0.29) is 36.8 Å². The lowest BCUT2D eigenvalue weighted by molar-refractivity contribution is -0.384. The fourth-order valence-electron chi connectivity index (χ4n) is 3.99. The van der Waals surface area contributed by atoms with Gasteiger partial charge in [0.1, 0.15) is 17.4 Å². The molecule has 0 spiro atoms. The molecule has 0 saturated heterocycles. The summed E-state index contributed by atoms with van der Waals surface area (Å²) in [6.45, 7) is 4.93. The molecule has 0 amide bonds. The number of nitro benzene ring substituents is 1. The molecule has 0 fully saturated rings. The van der Waals surface area contributed by atoms with Crippen LogP contribution in [0.25, 0.3) is 0 Å². The quantitative estimate of drug-likeness (QED) is 0.114. The highest BCUT2D eigenvalue weighted by Gasteiger charge is 2.36. The van der Waals surface area contributed by atoms with Gasteiger partial charge in [-0.2, -0.15) is 13.2 Å². The average molecular weight is 559 g/mol. The Morgan fingerprint density at radius 2 is 1.51 bits per heavy atom. The smallest absolute Gasteiger partial charge is 0.434 e. The molecule has 0 aromatic heterocycles. The summed E-state index contributed by atoms with van der Waals surface area (Å²) >= 11 is 0. The van der Waals surface area contributed by atoms with Crippen molar-refractivity contribution in [2.45, 2.75) is 77.8 Å². The van der Waals surface area contributed by atoms with Gasteiger partial charge in [-0.25, -0.2) is 9.59 Å². The SMILES string of the molecule is CCOC(=O)OC1=C(C)NC(C)=C(OC(=O)OCCCCCCCCC(F)(F)F)C1c1cccc([N+](=O)[O-])c1. The molecule has 1 aromatic rings. The summed E-state index contributed by atoms with van der Waals surface area (Å²) in [6.07, 6.45) is -3.86. The number of rotatable bonds is 13. The molecule has 0 radical (unpaired) electrons. The first kappa shape index (κ1) is 31.4. The number of allylic oxidation sites excluding steroid dienone is 2. The van der Waals surface area contributed by atoms with Crippen molar-refractivity contribution in [2.75, 3.05) is 13.2 Å². The van der Waals surface area contributed by atoms with Crippen LogP contribution in [0.2, 0.25) is 0 Å². The third-order valence-electron chi connectivity index (χ3n) is 5.78. The molecule has 0 bridgehead atoms. The molecule has 0 aliphatic carbocycles. The number of carbonyl (C=O) groups excluding carboxylic acids is 2. The minimum absolute atomic E-state index is 0.0232. The van der Waals surface area contributed by atoms with E-state index in [1.807, 2.05) is 0 Å². The zero-order valence-corrected chi connectivity index (χ0v) is 22.1. The van der Waals surface area contributed by atoms with E-state index in [1.54, 1.807) is 26.8 Å². The molecule has 1 aliphatic heterocycles. The standard InChI is InChI=1S/C26H33F3N2O8/c1-4-36-24(32)38-22-17(2)30-18(3)23(21(22)19-12-11-13-20(16-19)31(34)35)39-25(33)37-15-10-8-6-5-7-9-14-26(27,28)29/h11-13,16,21,30H,4-10,14-15H2,1-3H3. The van der Waals surface area contributed by atoms with Crippen LogP contribution in [0, 0.1) is 10.1 Å². The number of benzene rings is 1. The number of alkyl halides is 3. The molecule has 1 aromatic carbocycles. The Kier molecular flexibility index (Phi) is 12.1. The van der Waals surface area contributed by atoms with Crippen LogP contribution in [0.1, 0.15) is 77.2 Å². The van der Waals surface area contributed by atoms with Crippen molar-refractivity contribution in [3.63, 3.8) is 0 Å². The summed E-state index contributed by atoms with van der Waals surface area (Å²) in [7, 11) is 0. The van der Waals surface area contributed by atoms with E-state index in [0.29, 0.717) is 49.1 Å². The minimum atomic E-state index is -4.13. The van der Waals surface area contributed by atoms with E-state index >= 15 is 0 Å². The van der Waals surface area contributed by atoms with Crippen LogP contribution in [0.5, 0.6) is 0 Å². The normalized spacial score (nSPS) is 15.5. The van der Waals surface area contributed by atoms with Crippen LogP contribution in [-0.4, -0.2) is 36.6 Å². The number of ether oxygens (including phenoxy) is 4. The highest BCUT2D eigenvalue weighted by atomic mass is 19.4. The van der Waals surface area contributed by atoms with Crippen molar-refractivity contribution in [1.82, 2.24) is 5.32 Å². The largest absolute Gasteiger partial charge is 0.513 e. The van der Waals surface area contributed by atoms with Gasteiger partial charge in [-0.15, -0.1) is 0 Å². The van der Waals surface area contributed by atoms with Gasteiger partial charge in [0.15, 0.2) is 0 Å². The van der Waals surface area contributed by atoms with Gasteiger partial charge in [0, 0.05) is 18.6 Å². The molecular weight excluding hydrogens is 525 g/mol. The van der Waals surface area contributed by atoms with Gasteiger partial charge in [0.25, 0.3) is 5.69 Å². The number of dihydropyridines is 1. The number of unbranched alkanes of at least 4 members (excludes halogenated alkanes) is 5. The average Bonchev–Trinajstić information content (AvgIpc) is 2.85. The predicted octanol–water partition coefficient (Wildman–Crippen LogP) is 7.36. The van der Waals surface area contributed by atoms with Crippen LogP contribution in [0.15, 0.2) is 47.2 Å². The third-order valence-corrected chi connectivity index (χ3v) is 5.78. The first-order valence-corrected chi connectivity index (χ1v) is 12.6. The lowest BCUT2D eigenvalue weighted by Gasteiger charge is -2.30. The predicted molar refractivity (Wildman–Crippen MR) is 133 cm³/mol. The van der Waals surface area contributed by atoms with E-state index in [0.717, 1.165) is 0 Å². The second-order valence-corrected chi connectivity index (χ2v) is 8.86. The Morgan fingerprint density at radius 3 is 2.08 bits per heavy atom. The maximum Gasteiger partial charge on any atom is 0.513 e. The Hall–Kier alpha value is -3.77. The van der Waals surface area contributed by atoms with Crippen molar-refractivity contribution in [1.29, 1.82) is 0 Å². The van der Waals surface area contributed by atoms with Crippen molar-refractivity contribution < 1.29 is 46.6 Å². The van der Waals surface area contributed by atoms with Gasteiger partial charge < -0.3 is 24.3 Å². The number of halogens is 3. The molecule has 10 nitrogen and oxygen atoms in total. The lowest BCUT2D eigenvalue weighted by Crippen LogP contribution is -2.29. The molecule has 1 unspecified atom stereocenters. The third kappa shape index (κ3) is 10.5. The molecule has 1 heterocycles. The topological polar surface area (TPSA) is 126 Å². The monoisotopic (exact) mass is 558 g/mol. The number of nitro groups is 1. The Labute approximate surface area is 224 Å². The maximum atomic E-state index is 12.5. The summed E-state index contributed by atoms with van der Waals surface area (Å²) in [4.78, 5) is 35.4. The van der Waals surface area contributed by atoms with Gasteiger partial charge in [-0.3, -0.25) is 10.1 Å². The van der Waals surface area contributed by atoms with Gasteiger partial charge in [-0.1, -0.05) is 37.8 Å². The molecule has 13 heteroatoms. The van der Waals surface area contributed by atoms with E-state index in [9.17, 15) is 32.9 Å². The summed E-state index contributed by atoms with van der Waals surface area (Å²) in [6, 6.07) is 5.62. The molecule has 216 valence electrons.